The maximum atomic E-state index is 10.6. The number of carboxylic acid groups (broad SMARTS) is 1. The Balaban J connectivity index is 2.02. The van der Waals surface area contributed by atoms with Crippen LogP contribution in [0.1, 0.15) is 11.5 Å². The predicted octanol–water partition coefficient (Wildman–Crippen LogP) is 0.346. The van der Waals surface area contributed by atoms with Gasteiger partial charge < -0.3 is 9.52 Å². The number of carbonyl (C=O) groups is 1. The van der Waals surface area contributed by atoms with Gasteiger partial charge in [-0.1, -0.05) is 11.8 Å². The van der Waals surface area contributed by atoms with E-state index in [1.54, 1.807) is 0 Å². The SMILES string of the molecule is Cc1ocnc1CSc1nnnn1CC(=O)O. The highest BCUT2D eigenvalue weighted by molar-refractivity contribution is 7.98. The lowest BCUT2D eigenvalue weighted by molar-refractivity contribution is -0.138. The Morgan fingerprint density at radius 1 is 1.65 bits per heavy atom. The molecule has 0 aromatic carbocycles. The van der Waals surface area contributed by atoms with E-state index >= 15 is 0 Å². The molecule has 0 spiro atoms. The highest BCUT2D eigenvalue weighted by atomic mass is 32.2. The summed E-state index contributed by atoms with van der Waals surface area (Å²) in [5.41, 5.74) is 0.792. The van der Waals surface area contributed by atoms with E-state index in [9.17, 15) is 4.79 Å². The number of aryl methyl sites for hydroxylation is 1. The molecule has 8 nitrogen and oxygen atoms in total. The first-order valence-electron chi connectivity index (χ1n) is 4.66. The van der Waals surface area contributed by atoms with Gasteiger partial charge in [-0.05, 0) is 17.4 Å². The second-order valence-corrected chi connectivity index (χ2v) is 4.10. The number of aliphatic carboxylic acids is 1. The van der Waals surface area contributed by atoms with Gasteiger partial charge in [0.2, 0.25) is 5.16 Å². The summed E-state index contributed by atoms with van der Waals surface area (Å²) >= 11 is 1.31. The molecule has 0 bridgehead atoms. The number of tetrazole rings is 1. The van der Waals surface area contributed by atoms with Gasteiger partial charge in [-0.2, -0.15) is 0 Å². The van der Waals surface area contributed by atoms with Crippen molar-refractivity contribution in [3.63, 3.8) is 0 Å². The fourth-order valence-corrected chi connectivity index (χ4v) is 2.01. The van der Waals surface area contributed by atoms with Crippen LogP contribution in [0.4, 0.5) is 0 Å². The molecule has 9 heteroatoms. The molecule has 0 radical (unpaired) electrons. The van der Waals surface area contributed by atoms with Crippen LogP contribution in [0.2, 0.25) is 0 Å². The van der Waals surface area contributed by atoms with Crippen LogP contribution in [-0.4, -0.2) is 36.3 Å². The third-order valence-electron chi connectivity index (χ3n) is 1.97. The van der Waals surface area contributed by atoms with Crippen LogP contribution in [0.15, 0.2) is 16.0 Å². The van der Waals surface area contributed by atoms with Gasteiger partial charge in [-0.15, -0.1) is 5.10 Å². The van der Waals surface area contributed by atoms with Crippen LogP contribution in [0.3, 0.4) is 0 Å². The first kappa shape index (κ1) is 11.6. The predicted molar refractivity (Wildman–Crippen MR) is 56.3 cm³/mol. The number of rotatable bonds is 5. The lowest BCUT2D eigenvalue weighted by atomic mass is 10.4. The normalized spacial score (nSPS) is 10.6. The zero-order chi connectivity index (χ0) is 12.3. The van der Waals surface area contributed by atoms with Crippen molar-refractivity contribution in [2.75, 3.05) is 0 Å². The Morgan fingerprint density at radius 2 is 2.47 bits per heavy atom. The lowest BCUT2D eigenvalue weighted by Crippen LogP contribution is -2.11. The second kappa shape index (κ2) is 4.95. The maximum absolute atomic E-state index is 10.6. The van der Waals surface area contributed by atoms with Gasteiger partial charge in [-0.3, -0.25) is 4.79 Å². The molecule has 2 heterocycles. The van der Waals surface area contributed by atoms with E-state index in [-0.39, 0.29) is 6.54 Å². The average Bonchev–Trinajstić information content (AvgIpc) is 2.84. The molecule has 17 heavy (non-hydrogen) atoms. The van der Waals surface area contributed by atoms with Crippen molar-refractivity contribution < 1.29 is 14.3 Å². The number of carboxylic acids is 1. The van der Waals surface area contributed by atoms with Crippen LogP contribution < -0.4 is 0 Å². The molecule has 0 aliphatic heterocycles. The standard InChI is InChI=1S/C8H9N5O3S/c1-5-6(9-4-16-5)3-17-8-10-11-12-13(8)2-7(14)15/h4H,2-3H2,1H3,(H,14,15). The average molecular weight is 255 g/mol. The molecule has 0 saturated heterocycles. The molecular formula is C8H9N5O3S. The molecule has 0 amide bonds. The molecule has 1 N–H and O–H groups in total. The minimum Gasteiger partial charge on any atom is -0.480 e. The van der Waals surface area contributed by atoms with Gasteiger partial charge >= 0.3 is 5.97 Å². The molecule has 2 aromatic heterocycles. The first-order chi connectivity index (χ1) is 8.16. The molecule has 2 rings (SSSR count). The molecule has 90 valence electrons. The summed E-state index contributed by atoms with van der Waals surface area (Å²) in [7, 11) is 0. The molecule has 0 aliphatic rings. The van der Waals surface area contributed by atoms with Gasteiger partial charge in [-0.25, -0.2) is 9.67 Å². The molecule has 0 atom stereocenters. The quantitative estimate of drug-likeness (QED) is 0.762. The number of thioether (sulfide) groups is 1. The van der Waals surface area contributed by atoms with Crippen LogP contribution in [-0.2, 0) is 17.1 Å². The van der Waals surface area contributed by atoms with E-state index in [4.69, 9.17) is 9.52 Å². The first-order valence-corrected chi connectivity index (χ1v) is 5.65. The topological polar surface area (TPSA) is 107 Å². The van der Waals surface area contributed by atoms with Gasteiger partial charge in [0.15, 0.2) is 6.39 Å². The molecule has 0 saturated carbocycles. The fraction of sp³-hybridized carbons (Fsp3) is 0.375. The Morgan fingerprint density at radius 3 is 3.12 bits per heavy atom. The monoisotopic (exact) mass is 255 g/mol. The minimum absolute atomic E-state index is 0.257. The highest BCUT2D eigenvalue weighted by Crippen LogP contribution is 2.20. The number of oxazole rings is 1. The molecule has 0 fully saturated rings. The molecule has 0 aliphatic carbocycles. The van der Waals surface area contributed by atoms with Crippen molar-refractivity contribution in [3.05, 3.63) is 17.8 Å². The van der Waals surface area contributed by atoms with Crippen molar-refractivity contribution in [2.24, 2.45) is 0 Å². The summed E-state index contributed by atoms with van der Waals surface area (Å²) in [6.45, 7) is 1.55. The fourth-order valence-electron chi connectivity index (χ4n) is 1.13. The smallest absolute Gasteiger partial charge is 0.325 e. The van der Waals surface area contributed by atoms with Gasteiger partial charge in [0.05, 0.1) is 5.69 Å². The van der Waals surface area contributed by atoms with Crippen molar-refractivity contribution in [1.82, 2.24) is 25.2 Å². The maximum Gasteiger partial charge on any atom is 0.325 e. The van der Waals surface area contributed by atoms with E-state index in [0.29, 0.717) is 10.9 Å². The molecular weight excluding hydrogens is 246 g/mol. The van der Waals surface area contributed by atoms with E-state index in [1.165, 1.54) is 22.8 Å². The summed E-state index contributed by atoms with van der Waals surface area (Å²) < 4.78 is 6.28. The zero-order valence-corrected chi connectivity index (χ0v) is 9.72. The Bertz CT molecular complexity index is 523. The number of aromatic nitrogens is 5. The summed E-state index contributed by atoms with van der Waals surface area (Å²) in [6.07, 6.45) is 1.37. The third-order valence-corrected chi connectivity index (χ3v) is 2.93. The summed E-state index contributed by atoms with van der Waals surface area (Å²) in [5, 5.41) is 19.9. The van der Waals surface area contributed by atoms with Crippen LogP contribution >= 0.6 is 11.8 Å². The van der Waals surface area contributed by atoms with Crippen LogP contribution in [0.25, 0.3) is 0 Å². The third kappa shape index (κ3) is 2.81. The van der Waals surface area contributed by atoms with Gasteiger partial charge in [0.25, 0.3) is 0 Å². The van der Waals surface area contributed by atoms with Crippen LogP contribution in [0.5, 0.6) is 0 Å². The lowest BCUT2D eigenvalue weighted by Gasteiger charge is -1.99. The van der Waals surface area contributed by atoms with E-state index in [0.717, 1.165) is 11.5 Å². The van der Waals surface area contributed by atoms with E-state index < -0.39 is 5.97 Å². The number of nitrogens with zero attached hydrogens (tertiary/aromatic N) is 5. The Labute approximate surface area is 100 Å². The summed E-state index contributed by atoms with van der Waals surface area (Å²) in [4.78, 5) is 14.6. The van der Waals surface area contributed by atoms with Gasteiger partial charge in [0.1, 0.15) is 12.3 Å². The summed E-state index contributed by atoms with van der Waals surface area (Å²) in [6, 6.07) is 0. The highest BCUT2D eigenvalue weighted by Gasteiger charge is 2.12. The van der Waals surface area contributed by atoms with Crippen molar-refractivity contribution in [1.29, 1.82) is 0 Å². The van der Waals surface area contributed by atoms with E-state index in [2.05, 4.69) is 20.5 Å². The van der Waals surface area contributed by atoms with Crippen LogP contribution in [0, 0.1) is 6.92 Å². The minimum atomic E-state index is -0.989. The Kier molecular flexibility index (Phi) is 3.38. The second-order valence-electron chi connectivity index (χ2n) is 3.16. The molecule has 2 aromatic rings. The Hall–Kier alpha value is -1.90. The van der Waals surface area contributed by atoms with Crippen molar-refractivity contribution in [2.45, 2.75) is 24.4 Å². The van der Waals surface area contributed by atoms with Crippen molar-refractivity contribution >= 4 is 17.7 Å². The zero-order valence-electron chi connectivity index (χ0n) is 8.90. The number of hydrogen-bond acceptors (Lipinski definition) is 7. The van der Waals surface area contributed by atoms with Crippen molar-refractivity contribution in [3.8, 4) is 0 Å². The van der Waals surface area contributed by atoms with Gasteiger partial charge in [0, 0.05) is 5.75 Å². The summed E-state index contributed by atoms with van der Waals surface area (Å²) in [5.74, 6) is 0.272. The largest absolute Gasteiger partial charge is 0.480 e. The van der Waals surface area contributed by atoms with E-state index in [1.807, 2.05) is 6.92 Å². The molecule has 0 unspecified atom stereocenters. The number of hydrogen-bond donors (Lipinski definition) is 1.